The van der Waals surface area contributed by atoms with Crippen LogP contribution in [0.15, 0.2) is 23.3 Å². The predicted molar refractivity (Wildman–Crippen MR) is 72.9 cm³/mol. The first-order valence-electron chi connectivity index (χ1n) is 5.19. The van der Waals surface area contributed by atoms with Crippen LogP contribution in [-0.4, -0.2) is 40.4 Å². The van der Waals surface area contributed by atoms with Gasteiger partial charge in [0, 0.05) is 12.3 Å². The third kappa shape index (κ3) is 21.4. The maximum Gasteiger partial charge on any atom is 3.00 e. The molecule has 0 saturated carbocycles. The van der Waals surface area contributed by atoms with E-state index in [1.807, 2.05) is 26.0 Å². The minimum absolute atomic E-state index is 0. The van der Waals surface area contributed by atoms with Gasteiger partial charge in [0.15, 0.2) is 0 Å². The van der Waals surface area contributed by atoms with E-state index in [0.717, 1.165) is 5.69 Å². The molecule has 0 atom stereocenters. The van der Waals surface area contributed by atoms with E-state index in [1.165, 1.54) is 0 Å². The molecule has 0 fully saturated rings. The number of hydrogen-bond donors (Lipinski definition) is 0. The molecule has 1 aromatic heterocycles. The summed E-state index contributed by atoms with van der Waals surface area (Å²) in [5.41, 5.74) is 0.939. The molecule has 0 aliphatic heterocycles. The quantitative estimate of drug-likeness (QED) is 0.602. The molecule has 0 bridgehead atoms. The van der Waals surface area contributed by atoms with Crippen LogP contribution in [0.3, 0.4) is 0 Å². The van der Waals surface area contributed by atoms with Crippen LogP contribution in [0, 0.1) is 0 Å². The molecule has 0 spiro atoms. The fourth-order valence-electron chi connectivity index (χ4n) is 0.616. The minimum Gasteiger partial charge on any atom is -0.668 e. The van der Waals surface area contributed by atoms with Crippen LogP contribution >= 0.6 is 0 Å². The Morgan fingerprint density at radius 1 is 1.18 bits per heavy atom. The summed E-state index contributed by atoms with van der Waals surface area (Å²) in [7, 11) is 7.00. The van der Waals surface area contributed by atoms with Gasteiger partial charge in [0.2, 0.25) is 0 Å². The molecule has 0 N–H and O–H groups in total. The fourth-order valence-corrected chi connectivity index (χ4v) is 0.616. The first-order chi connectivity index (χ1) is 7.62. The van der Waals surface area contributed by atoms with E-state index in [0.29, 0.717) is 6.04 Å². The van der Waals surface area contributed by atoms with E-state index in [2.05, 4.69) is 20.6 Å². The maximum atomic E-state index is 4.18. The van der Waals surface area contributed by atoms with Crippen LogP contribution < -0.4 is 4.98 Å². The number of hydrogen-bond acceptors (Lipinski definition) is 1. The number of rotatable bonds is 2. The van der Waals surface area contributed by atoms with Crippen molar-refractivity contribution in [3.8, 4) is 0 Å². The molecule has 1 rings (SSSR count). The largest absolute Gasteiger partial charge is 3.00 e. The third-order valence-corrected chi connectivity index (χ3v) is 1.08. The van der Waals surface area contributed by atoms with E-state index in [-0.39, 0.29) is 21.7 Å². The SMILES string of the molecule is CC(C)N=Cc1ccc[n-]1.C[N-]C.C[N-]C.[Ti+3]. The van der Waals surface area contributed by atoms with Gasteiger partial charge >= 0.3 is 21.7 Å². The zero-order valence-electron chi connectivity index (χ0n) is 11.7. The second kappa shape index (κ2) is 18.0. The summed E-state index contributed by atoms with van der Waals surface area (Å²) in [6.07, 6.45) is 3.56. The summed E-state index contributed by atoms with van der Waals surface area (Å²) in [6, 6.07) is 4.20. The number of aliphatic imine (C=N–C) groups is 1. The van der Waals surface area contributed by atoms with Gasteiger partial charge in [-0.15, -0.1) is 5.69 Å². The van der Waals surface area contributed by atoms with Gasteiger partial charge in [-0.2, -0.15) is 34.4 Å². The monoisotopic (exact) mass is 271 g/mol. The van der Waals surface area contributed by atoms with Crippen LogP contribution in [-0.2, 0) is 21.7 Å². The van der Waals surface area contributed by atoms with Gasteiger partial charge < -0.3 is 15.6 Å². The molecule has 0 aliphatic rings. The first kappa shape index (κ1) is 21.8. The van der Waals surface area contributed by atoms with E-state index in [1.54, 1.807) is 40.6 Å². The summed E-state index contributed by atoms with van der Waals surface area (Å²) >= 11 is 0. The van der Waals surface area contributed by atoms with Crippen molar-refractivity contribution in [3.63, 3.8) is 0 Å². The Bertz CT molecular complexity index is 231. The number of nitrogens with zero attached hydrogens (tertiary/aromatic N) is 4. The molecule has 0 saturated heterocycles. The van der Waals surface area contributed by atoms with Crippen molar-refractivity contribution in [2.24, 2.45) is 4.99 Å². The standard InChI is InChI=1S/C8H11N2.2C2H6N.Ti/c1-7(2)10-6-8-4-3-5-9-8;2*1-3-2;/h3-7H,1-2H3;2*1-2H3;/q3*-1;+3. The smallest absolute Gasteiger partial charge is 0.668 e. The van der Waals surface area contributed by atoms with Gasteiger partial charge in [-0.3, -0.25) is 4.99 Å². The average molecular weight is 271 g/mol. The van der Waals surface area contributed by atoms with Crippen molar-refractivity contribution in [1.82, 2.24) is 4.98 Å². The Hall–Kier alpha value is -0.416. The maximum absolute atomic E-state index is 4.18. The van der Waals surface area contributed by atoms with Crippen LogP contribution in [0.1, 0.15) is 19.5 Å². The summed E-state index contributed by atoms with van der Waals surface area (Å²) in [5, 5.41) is 7.00. The van der Waals surface area contributed by atoms with Crippen molar-refractivity contribution in [3.05, 3.63) is 34.7 Å². The summed E-state index contributed by atoms with van der Waals surface area (Å²) in [4.78, 5) is 8.22. The topological polar surface area (TPSA) is 54.7 Å². The third-order valence-electron chi connectivity index (χ3n) is 1.08. The molecular weight excluding hydrogens is 248 g/mol. The Morgan fingerprint density at radius 2 is 1.65 bits per heavy atom. The van der Waals surface area contributed by atoms with Crippen molar-refractivity contribution in [2.45, 2.75) is 19.9 Å². The summed E-state index contributed by atoms with van der Waals surface area (Å²) in [6.45, 7) is 4.08. The molecule has 95 valence electrons. The molecule has 5 heteroatoms. The summed E-state index contributed by atoms with van der Waals surface area (Å²) in [5.74, 6) is 0. The molecule has 1 radical (unpaired) electrons. The van der Waals surface area contributed by atoms with Crippen molar-refractivity contribution in [1.29, 1.82) is 0 Å². The zero-order valence-corrected chi connectivity index (χ0v) is 13.2. The van der Waals surface area contributed by atoms with Crippen LogP contribution in [0.25, 0.3) is 10.6 Å². The molecule has 0 unspecified atom stereocenters. The Labute approximate surface area is 121 Å². The van der Waals surface area contributed by atoms with Crippen molar-refractivity contribution >= 4 is 6.21 Å². The molecule has 4 nitrogen and oxygen atoms in total. The molecule has 1 heterocycles. The molecule has 0 amide bonds. The van der Waals surface area contributed by atoms with Gasteiger partial charge in [0.05, 0.1) is 0 Å². The molecule has 1 aromatic rings. The van der Waals surface area contributed by atoms with Crippen LogP contribution in [0.2, 0.25) is 0 Å². The van der Waals surface area contributed by atoms with Gasteiger partial charge in [-0.25, -0.2) is 0 Å². The van der Waals surface area contributed by atoms with Gasteiger partial charge in [-0.05, 0) is 13.8 Å². The second-order valence-electron chi connectivity index (χ2n) is 3.33. The van der Waals surface area contributed by atoms with Gasteiger partial charge in [0.1, 0.15) is 0 Å². The fraction of sp³-hybridized carbons (Fsp3) is 0.583. The van der Waals surface area contributed by atoms with Gasteiger partial charge in [0.25, 0.3) is 0 Å². The molecule has 17 heavy (non-hydrogen) atoms. The van der Waals surface area contributed by atoms with Crippen molar-refractivity contribution in [2.75, 3.05) is 28.2 Å². The average Bonchev–Trinajstić information content (AvgIpc) is 2.69. The van der Waals surface area contributed by atoms with Gasteiger partial charge in [-0.1, -0.05) is 12.1 Å². The van der Waals surface area contributed by atoms with E-state index in [4.69, 9.17) is 0 Å². The Morgan fingerprint density at radius 3 is 1.94 bits per heavy atom. The molecular formula is C12H23N4Ti. The summed E-state index contributed by atoms with van der Waals surface area (Å²) < 4.78 is 0. The first-order valence-corrected chi connectivity index (χ1v) is 5.19. The predicted octanol–water partition coefficient (Wildman–Crippen LogP) is 2.71. The molecule has 0 aliphatic carbocycles. The van der Waals surface area contributed by atoms with Crippen molar-refractivity contribution < 1.29 is 21.7 Å². The second-order valence-corrected chi connectivity index (χ2v) is 3.33. The van der Waals surface area contributed by atoms with Crippen LogP contribution in [0.4, 0.5) is 0 Å². The minimum atomic E-state index is 0. The molecule has 0 aromatic carbocycles. The zero-order chi connectivity index (χ0) is 12.8. The van der Waals surface area contributed by atoms with E-state index < -0.39 is 0 Å². The van der Waals surface area contributed by atoms with E-state index in [9.17, 15) is 0 Å². The van der Waals surface area contributed by atoms with E-state index >= 15 is 0 Å². The number of aromatic nitrogens is 1. The van der Waals surface area contributed by atoms with Crippen LogP contribution in [0.5, 0.6) is 0 Å². The Kier molecular flexibility index (Phi) is 23.1. The Balaban J connectivity index is -0.000000240. The normalized spacial score (nSPS) is 8.88.